The van der Waals surface area contributed by atoms with Gasteiger partial charge in [0.15, 0.2) is 5.78 Å². The van der Waals surface area contributed by atoms with E-state index in [2.05, 4.69) is 17.9 Å². The predicted molar refractivity (Wildman–Crippen MR) is 92.6 cm³/mol. The molecule has 0 spiro atoms. The van der Waals surface area contributed by atoms with E-state index in [1.165, 1.54) is 16.7 Å². The minimum Gasteiger partial charge on any atom is -0.497 e. The normalized spacial score (nSPS) is 47.6. The van der Waals surface area contributed by atoms with E-state index in [0.29, 0.717) is 12.3 Å². The average molecular weight is 339 g/mol. The van der Waals surface area contributed by atoms with Gasteiger partial charge in [-0.25, -0.2) is 0 Å². The second-order valence-corrected chi connectivity index (χ2v) is 9.20. The highest BCUT2D eigenvalue weighted by Gasteiger charge is 2.65. The first-order valence-corrected chi connectivity index (χ1v) is 9.78. The maximum Gasteiger partial charge on any atom is 0.195 e. The maximum atomic E-state index is 13.5. The Bertz CT molecular complexity index is 821. The zero-order chi connectivity index (χ0) is 17.1. The molecular weight excluding hydrogens is 314 g/mol. The quantitative estimate of drug-likeness (QED) is 0.736. The number of hydrogen-bond acceptors (Lipinski definition) is 4. The Morgan fingerprint density at radius 2 is 2.16 bits per heavy atom. The van der Waals surface area contributed by atoms with Gasteiger partial charge in [-0.05, 0) is 29.6 Å². The van der Waals surface area contributed by atoms with Gasteiger partial charge in [0.1, 0.15) is 11.4 Å². The van der Waals surface area contributed by atoms with Gasteiger partial charge in [-0.2, -0.15) is 0 Å². The van der Waals surface area contributed by atoms with Crippen molar-refractivity contribution in [1.82, 2.24) is 4.90 Å². The van der Waals surface area contributed by atoms with Crippen molar-refractivity contribution in [2.75, 3.05) is 19.7 Å². The number of ether oxygens (including phenoxy) is 1. The molecule has 2 saturated heterocycles. The molecule has 3 aliphatic heterocycles. The molecule has 4 nitrogen and oxygen atoms in total. The molecule has 3 aliphatic carbocycles. The summed E-state index contributed by atoms with van der Waals surface area (Å²) in [6.07, 6.45) is 5.67. The SMILES string of the molecule is C[C@@H]1CN2C[C@H]3CCC4=C5C(=CC6=C5[C@@]3(C)[C@H]2C[C@@]1(O)C6=O)CCO4. The maximum absolute atomic E-state index is 13.5. The zero-order valence-corrected chi connectivity index (χ0v) is 15.0. The molecule has 2 fully saturated rings. The van der Waals surface area contributed by atoms with Gasteiger partial charge in [0.05, 0.1) is 6.61 Å². The number of fused-ring (bicyclic) bond motifs is 1. The van der Waals surface area contributed by atoms with Gasteiger partial charge < -0.3 is 9.84 Å². The minimum atomic E-state index is -1.21. The van der Waals surface area contributed by atoms with Crippen LogP contribution in [-0.2, 0) is 9.53 Å². The molecule has 1 N–H and O–H groups in total. The van der Waals surface area contributed by atoms with Crippen molar-refractivity contribution in [3.05, 3.63) is 34.1 Å². The van der Waals surface area contributed by atoms with E-state index in [-0.39, 0.29) is 23.2 Å². The van der Waals surface area contributed by atoms with Crippen LogP contribution in [0.15, 0.2) is 34.1 Å². The first-order chi connectivity index (χ1) is 11.9. The summed E-state index contributed by atoms with van der Waals surface area (Å²) in [5, 5.41) is 11.5. The highest BCUT2D eigenvalue weighted by Crippen LogP contribution is 2.63. The van der Waals surface area contributed by atoms with Crippen LogP contribution in [-0.4, -0.2) is 47.1 Å². The standard InChI is InChI=1S/C21H25NO3/c1-11-9-22-10-13-3-4-15-17-12(5-6-25-15)7-14-18(17)20(13,2)16(22)8-21(11,24)19(14)23/h7,11,13,16,24H,3-6,8-10H2,1-2H3/t11-,13-,16-,20-,21+/m1/s1. The Kier molecular flexibility index (Phi) is 2.53. The van der Waals surface area contributed by atoms with Crippen LogP contribution in [0.4, 0.5) is 0 Å². The first kappa shape index (κ1) is 14.7. The summed E-state index contributed by atoms with van der Waals surface area (Å²) in [4.78, 5) is 16.1. The summed E-state index contributed by atoms with van der Waals surface area (Å²) in [6, 6.07) is 0.261. The molecule has 0 saturated carbocycles. The molecule has 0 aromatic carbocycles. The number of aliphatic hydroxyl groups is 1. The number of rotatable bonds is 0. The summed E-state index contributed by atoms with van der Waals surface area (Å²) in [5.41, 5.74) is 3.29. The van der Waals surface area contributed by atoms with Crippen molar-refractivity contribution in [2.24, 2.45) is 17.3 Å². The molecular formula is C21H25NO3. The lowest BCUT2D eigenvalue weighted by molar-refractivity contribution is -0.147. The van der Waals surface area contributed by atoms with Crippen LogP contribution in [0.2, 0.25) is 0 Å². The summed E-state index contributed by atoms with van der Waals surface area (Å²) in [7, 11) is 0. The Labute approximate surface area is 148 Å². The highest BCUT2D eigenvalue weighted by atomic mass is 16.5. The van der Waals surface area contributed by atoms with Crippen LogP contribution in [0.1, 0.15) is 39.5 Å². The number of carbonyl (C=O) groups is 1. The lowest BCUT2D eigenvalue weighted by atomic mass is 9.65. The molecule has 4 heteroatoms. The predicted octanol–water partition coefficient (Wildman–Crippen LogP) is 2.35. The molecule has 0 radical (unpaired) electrons. The largest absolute Gasteiger partial charge is 0.497 e. The lowest BCUT2D eigenvalue weighted by Crippen LogP contribution is -2.58. The third-order valence-electron chi connectivity index (χ3n) is 8.25. The average Bonchev–Trinajstić information content (AvgIpc) is 3.04. The molecule has 2 bridgehead atoms. The van der Waals surface area contributed by atoms with Crippen LogP contribution in [0.25, 0.3) is 0 Å². The fourth-order valence-corrected chi connectivity index (χ4v) is 6.83. The van der Waals surface area contributed by atoms with E-state index in [1.807, 2.05) is 6.92 Å². The molecule has 6 aliphatic rings. The Morgan fingerprint density at radius 3 is 3.00 bits per heavy atom. The number of hydrogen-bond donors (Lipinski definition) is 1. The fourth-order valence-electron chi connectivity index (χ4n) is 6.83. The summed E-state index contributed by atoms with van der Waals surface area (Å²) in [6.45, 7) is 7.05. The Hall–Kier alpha value is -1.39. The lowest BCUT2D eigenvalue weighted by Gasteiger charge is -2.47. The summed E-state index contributed by atoms with van der Waals surface area (Å²) >= 11 is 0. The van der Waals surface area contributed by atoms with Crippen LogP contribution in [0.3, 0.4) is 0 Å². The highest BCUT2D eigenvalue weighted by molar-refractivity contribution is 6.08. The van der Waals surface area contributed by atoms with Gasteiger partial charge in [0, 0.05) is 60.9 Å². The van der Waals surface area contributed by atoms with Gasteiger partial charge >= 0.3 is 0 Å². The number of piperidine rings is 1. The summed E-state index contributed by atoms with van der Waals surface area (Å²) < 4.78 is 6.07. The van der Waals surface area contributed by atoms with Crippen molar-refractivity contribution >= 4 is 5.78 Å². The third-order valence-corrected chi connectivity index (χ3v) is 8.25. The van der Waals surface area contributed by atoms with Crippen molar-refractivity contribution in [1.29, 1.82) is 0 Å². The Morgan fingerprint density at radius 1 is 1.32 bits per heavy atom. The number of nitrogens with zero attached hydrogens (tertiary/aromatic N) is 1. The second kappa shape index (κ2) is 4.29. The molecule has 0 aromatic heterocycles. The monoisotopic (exact) mass is 339 g/mol. The smallest absolute Gasteiger partial charge is 0.195 e. The van der Waals surface area contributed by atoms with Gasteiger partial charge in [-0.3, -0.25) is 9.69 Å². The molecule has 0 unspecified atom stereocenters. The third kappa shape index (κ3) is 1.48. The Balaban J connectivity index is 1.70. The van der Waals surface area contributed by atoms with Gasteiger partial charge in [-0.15, -0.1) is 0 Å². The van der Waals surface area contributed by atoms with E-state index in [0.717, 1.165) is 50.3 Å². The van der Waals surface area contributed by atoms with E-state index >= 15 is 0 Å². The summed E-state index contributed by atoms with van der Waals surface area (Å²) in [5.74, 6) is 1.59. The number of ketones is 1. The first-order valence-electron chi connectivity index (χ1n) is 9.78. The van der Waals surface area contributed by atoms with E-state index in [4.69, 9.17) is 4.74 Å². The van der Waals surface area contributed by atoms with Crippen LogP contribution in [0, 0.1) is 17.3 Å². The number of Topliss-reactive ketones (excluding diaryl/α,β-unsaturated/α-hetero) is 1. The zero-order valence-electron chi connectivity index (χ0n) is 15.0. The van der Waals surface area contributed by atoms with Crippen LogP contribution in [0.5, 0.6) is 0 Å². The fraction of sp³-hybridized carbons (Fsp3) is 0.667. The van der Waals surface area contributed by atoms with Gasteiger partial charge in [0.2, 0.25) is 0 Å². The molecule has 0 aromatic rings. The second-order valence-electron chi connectivity index (χ2n) is 9.20. The van der Waals surface area contributed by atoms with Crippen molar-refractivity contribution in [3.63, 3.8) is 0 Å². The van der Waals surface area contributed by atoms with Crippen LogP contribution >= 0.6 is 0 Å². The minimum absolute atomic E-state index is 0.0161. The molecule has 6 rings (SSSR count). The number of allylic oxidation sites excluding steroid dienone is 3. The van der Waals surface area contributed by atoms with E-state index in [1.54, 1.807) is 0 Å². The molecule has 0 amide bonds. The topological polar surface area (TPSA) is 49.8 Å². The van der Waals surface area contributed by atoms with Gasteiger partial charge in [-0.1, -0.05) is 13.8 Å². The molecule has 132 valence electrons. The molecule has 3 heterocycles. The number of carbonyl (C=O) groups excluding carboxylic acids is 1. The molecule has 5 atom stereocenters. The molecule has 25 heavy (non-hydrogen) atoms. The van der Waals surface area contributed by atoms with E-state index in [9.17, 15) is 9.90 Å². The van der Waals surface area contributed by atoms with Crippen molar-refractivity contribution in [2.45, 2.75) is 51.2 Å². The van der Waals surface area contributed by atoms with Crippen molar-refractivity contribution in [3.8, 4) is 0 Å². The van der Waals surface area contributed by atoms with E-state index < -0.39 is 5.60 Å². The van der Waals surface area contributed by atoms with Gasteiger partial charge in [0.25, 0.3) is 0 Å². The van der Waals surface area contributed by atoms with Crippen LogP contribution < -0.4 is 0 Å². The van der Waals surface area contributed by atoms with Crippen molar-refractivity contribution < 1.29 is 14.6 Å².